The van der Waals surface area contributed by atoms with Crippen molar-refractivity contribution in [1.29, 1.82) is 0 Å². The molecule has 0 bridgehead atoms. The lowest BCUT2D eigenvalue weighted by Gasteiger charge is -2.26. The highest BCUT2D eigenvalue weighted by molar-refractivity contribution is 5.44. The molecule has 0 amide bonds. The summed E-state index contributed by atoms with van der Waals surface area (Å²) in [6.45, 7) is 2.96. The van der Waals surface area contributed by atoms with Gasteiger partial charge in [0.2, 0.25) is 0 Å². The number of nitrogens with one attached hydrogen (secondary N) is 1. The van der Waals surface area contributed by atoms with Crippen molar-refractivity contribution in [3.63, 3.8) is 0 Å². The van der Waals surface area contributed by atoms with Gasteiger partial charge in [0.05, 0.1) is 6.61 Å². The molecule has 3 nitrogen and oxygen atoms in total. The first kappa shape index (κ1) is 10.5. The molecule has 1 aromatic rings. The lowest BCUT2D eigenvalue weighted by molar-refractivity contribution is 0.273. The normalized spacial score (nSPS) is 25.7. The topological polar surface area (TPSA) is 52.5 Å². The monoisotopic (exact) mass is 207 g/mol. The van der Waals surface area contributed by atoms with Gasteiger partial charge >= 0.3 is 0 Å². The number of rotatable bonds is 2. The molecule has 1 saturated heterocycles. The quantitative estimate of drug-likeness (QED) is 0.688. The second kappa shape index (κ2) is 3.83. The molecule has 1 aromatic carbocycles. The maximum absolute atomic E-state index is 10.0. The van der Waals surface area contributed by atoms with E-state index in [2.05, 4.69) is 12.2 Å². The number of aromatic hydroxyl groups is 1. The van der Waals surface area contributed by atoms with E-state index < -0.39 is 0 Å². The van der Waals surface area contributed by atoms with Crippen LogP contribution in [0.4, 0.5) is 0 Å². The summed E-state index contributed by atoms with van der Waals surface area (Å²) in [5.41, 5.74) is 1.35. The van der Waals surface area contributed by atoms with Crippen LogP contribution in [0, 0.1) is 0 Å². The van der Waals surface area contributed by atoms with Gasteiger partial charge in [-0.25, -0.2) is 0 Å². The van der Waals surface area contributed by atoms with E-state index in [1.807, 2.05) is 12.1 Å². The number of phenols is 1. The predicted molar refractivity (Wildman–Crippen MR) is 58.6 cm³/mol. The molecule has 1 aliphatic heterocycles. The highest BCUT2D eigenvalue weighted by atomic mass is 16.3. The zero-order valence-electron chi connectivity index (χ0n) is 8.95. The van der Waals surface area contributed by atoms with E-state index in [0.29, 0.717) is 5.56 Å². The van der Waals surface area contributed by atoms with Gasteiger partial charge in [0.15, 0.2) is 0 Å². The number of aliphatic hydroxyl groups is 1. The van der Waals surface area contributed by atoms with Gasteiger partial charge in [-0.05, 0) is 26.3 Å². The van der Waals surface area contributed by atoms with Gasteiger partial charge in [-0.3, -0.25) is 0 Å². The van der Waals surface area contributed by atoms with E-state index in [-0.39, 0.29) is 17.9 Å². The Kier molecular flexibility index (Phi) is 2.67. The fraction of sp³-hybridized carbons (Fsp3) is 0.500. The van der Waals surface area contributed by atoms with Crippen LogP contribution in [-0.2, 0) is 12.1 Å². The lowest BCUT2D eigenvalue weighted by atomic mass is 9.88. The van der Waals surface area contributed by atoms with Gasteiger partial charge in [-0.15, -0.1) is 0 Å². The molecule has 0 aliphatic carbocycles. The molecule has 3 N–H and O–H groups in total. The van der Waals surface area contributed by atoms with Gasteiger partial charge in [0.25, 0.3) is 0 Å². The summed E-state index contributed by atoms with van der Waals surface area (Å²) < 4.78 is 0. The van der Waals surface area contributed by atoms with E-state index in [9.17, 15) is 5.11 Å². The minimum Gasteiger partial charge on any atom is -0.507 e. The molecule has 0 saturated carbocycles. The number of para-hydroxylation sites is 1. The molecule has 82 valence electrons. The second-order valence-electron chi connectivity index (χ2n) is 4.33. The Morgan fingerprint density at radius 3 is 2.87 bits per heavy atom. The van der Waals surface area contributed by atoms with Crippen LogP contribution in [0.2, 0.25) is 0 Å². The average Bonchev–Trinajstić information content (AvgIpc) is 2.66. The van der Waals surface area contributed by atoms with Crippen LogP contribution in [0.3, 0.4) is 0 Å². The third kappa shape index (κ3) is 1.73. The van der Waals surface area contributed by atoms with Crippen molar-refractivity contribution in [1.82, 2.24) is 5.32 Å². The largest absolute Gasteiger partial charge is 0.507 e. The van der Waals surface area contributed by atoms with Crippen molar-refractivity contribution in [3.05, 3.63) is 29.3 Å². The molecule has 0 aromatic heterocycles. The minimum absolute atomic E-state index is 0.115. The van der Waals surface area contributed by atoms with E-state index in [4.69, 9.17) is 5.11 Å². The number of hydrogen-bond donors (Lipinski definition) is 3. The fourth-order valence-electron chi connectivity index (χ4n) is 2.29. The molecule has 3 heteroatoms. The summed E-state index contributed by atoms with van der Waals surface area (Å²) in [6.07, 6.45) is 2.15. The first-order chi connectivity index (χ1) is 7.17. The Labute approximate surface area is 89.8 Å². The van der Waals surface area contributed by atoms with Crippen molar-refractivity contribution in [2.24, 2.45) is 0 Å². The molecule has 15 heavy (non-hydrogen) atoms. The molecular formula is C12H17NO2. The molecule has 1 heterocycles. The smallest absolute Gasteiger partial charge is 0.126 e. The third-order valence-electron chi connectivity index (χ3n) is 3.25. The summed E-state index contributed by atoms with van der Waals surface area (Å²) in [6, 6.07) is 5.55. The molecule has 0 spiro atoms. The third-order valence-corrected chi connectivity index (χ3v) is 3.25. The maximum atomic E-state index is 10.0. The van der Waals surface area contributed by atoms with Gasteiger partial charge in [-0.2, -0.15) is 0 Å². The number of aliphatic hydroxyl groups excluding tert-OH is 1. The molecule has 1 aliphatic rings. The second-order valence-corrected chi connectivity index (χ2v) is 4.33. The van der Waals surface area contributed by atoms with E-state index in [1.165, 1.54) is 0 Å². The summed E-state index contributed by atoms with van der Waals surface area (Å²) >= 11 is 0. The Hall–Kier alpha value is -1.06. The Morgan fingerprint density at radius 1 is 1.47 bits per heavy atom. The Bertz CT molecular complexity index is 357. The summed E-state index contributed by atoms with van der Waals surface area (Å²) in [5, 5.41) is 22.5. The molecule has 0 radical (unpaired) electrons. The van der Waals surface area contributed by atoms with E-state index in [0.717, 1.165) is 24.9 Å². The molecule has 1 unspecified atom stereocenters. The first-order valence-corrected chi connectivity index (χ1v) is 5.34. The molecule has 1 atom stereocenters. The van der Waals surface area contributed by atoms with Crippen molar-refractivity contribution >= 4 is 0 Å². The van der Waals surface area contributed by atoms with Crippen molar-refractivity contribution < 1.29 is 10.2 Å². The zero-order valence-corrected chi connectivity index (χ0v) is 8.95. The van der Waals surface area contributed by atoms with Crippen LogP contribution in [-0.4, -0.2) is 16.8 Å². The Balaban J connectivity index is 2.43. The van der Waals surface area contributed by atoms with Crippen molar-refractivity contribution in [2.75, 3.05) is 6.54 Å². The van der Waals surface area contributed by atoms with E-state index in [1.54, 1.807) is 6.07 Å². The Morgan fingerprint density at radius 2 is 2.27 bits per heavy atom. The maximum Gasteiger partial charge on any atom is 0.126 e. The van der Waals surface area contributed by atoms with Crippen molar-refractivity contribution in [3.8, 4) is 5.75 Å². The minimum atomic E-state index is -0.144. The molecule has 1 fully saturated rings. The fourth-order valence-corrected chi connectivity index (χ4v) is 2.29. The van der Waals surface area contributed by atoms with Gasteiger partial charge in [0.1, 0.15) is 5.75 Å². The van der Waals surface area contributed by atoms with Gasteiger partial charge in [-0.1, -0.05) is 18.2 Å². The standard InChI is InChI=1S/C12H17NO2/c1-12(6-3-7-13-12)10-5-2-4-9(8-14)11(10)15/h2,4-5,13-15H,3,6-8H2,1H3. The highest BCUT2D eigenvalue weighted by Crippen LogP contribution is 2.37. The number of benzene rings is 1. The lowest BCUT2D eigenvalue weighted by Crippen LogP contribution is -2.33. The summed E-state index contributed by atoms with van der Waals surface area (Å²) in [4.78, 5) is 0. The van der Waals surface area contributed by atoms with Gasteiger partial charge in [0, 0.05) is 16.7 Å². The van der Waals surface area contributed by atoms with Crippen LogP contribution in [0.25, 0.3) is 0 Å². The summed E-state index contributed by atoms with van der Waals surface area (Å²) in [5.74, 6) is 0.233. The predicted octanol–water partition coefficient (Wildman–Crippen LogP) is 1.48. The van der Waals surface area contributed by atoms with Crippen LogP contribution >= 0.6 is 0 Å². The van der Waals surface area contributed by atoms with Crippen LogP contribution in [0.15, 0.2) is 18.2 Å². The van der Waals surface area contributed by atoms with Crippen LogP contribution in [0.5, 0.6) is 5.75 Å². The first-order valence-electron chi connectivity index (χ1n) is 5.34. The molecule has 2 rings (SSSR count). The highest BCUT2D eigenvalue weighted by Gasteiger charge is 2.32. The molecular weight excluding hydrogens is 190 g/mol. The van der Waals surface area contributed by atoms with Crippen molar-refractivity contribution in [2.45, 2.75) is 31.9 Å². The average molecular weight is 207 g/mol. The number of hydrogen-bond acceptors (Lipinski definition) is 3. The zero-order chi connectivity index (χ0) is 10.9. The van der Waals surface area contributed by atoms with Crippen LogP contribution < -0.4 is 5.32 Å². The van der Waals surface area contributed by atoms with E-state index >= 15 is 0 Å². The summed E-state index contributed by atoms with van der Waals surface area (Å²) in [7, 11) is 0. The SMILES string of the molecule is CC1(c2cccc(CO)c2O)CCCN1. The van der Waals surface area contributed by atoms with Gasteiger partial charge < -0.3 is 15.5 Å². The van der Waals surface area contributed by atoms with Crippen LogP contribution in [0.1, 0.15) is 30.9 Å².